The van der Waals surface area contributed by atoms with Gasteiger partial charge in [0.1, 0.15) is 17.2 Å². The number of nitrogens with zero attached hydrogens (tertiary/aromatic N) is 5. The summed E-state index contributed by atoms with van der Waals surface area (Å²) in [5.74, 6) is 1.42. The standard InChI is InChI=1S/C14H20F3N7S.HI/c1-3-11-23-21-9-24(11)6-5-19-13(18-4-2)20-7-12-22-10(8-25-12)14(15,16)17;/h8-9H,3-7H2,1-2H3,(H2,18,19,20);1H. The lowest BCUT2D eigenvalue weighted by atomic mass is 10.4. The molecule has 0 radical (unpaired) electrons. The lowest BCUT2D eigenvalue weighted by Crippen LogP contribution is -2.38. The summed E-state index contributed by atoms with van der Waals surface area (Å²) in [6.45, 7) is 5.89. The molecule has 7 nitrogen and oxygen atoms in total. The van der Waals surface area contributed by atoms with E-state index in [1.807, 2.05) is 18.4 Å². The van der Waals surface area contributed by atoms with Gasteiger partial charge in [0.15, 0.2) is 11.7 Å². The molecule has 146 valence electrons. The SMILES string of the molecule is CCNC(=NCc1nc(C(F)(F)F)cs1)NCCn1cnnc1CC.I. The van der Waals surface area contributed by atoms with Crippen LogP contribution in [0.3, 0.4) is 0 Å². The second-order valence-electron chi connectivity index (χ2n) is 5.04. The molecule has 26 heavy (non-hydrogen) atoms. The molecule has 2 heterocycles. The minimum absolute atomic E-state index is 0. The third-order valence-electron chi connectivity index (χ3n) is 3.22. The van der Waals surface area contributed by atoms with Crippen molar-refractivity contribution in [1.29, 1.82) is 0 Å². The van der Waals surface area contributed by atoms with E-state index in [1.165, 1.54) is 0 Å². The molecule has 0 amide bonds. The van der Waals surface area contributed by atoms with Crippen molar-refractivity contribution in [2.24, 2.45) is 4.99 Å². The molecular formula is C14H21F3IN7S. The number of nitrogens with one attached hydrogen (secondary N) is 2. The van der Waals surface area contributed by atoms with E-state index < -0.39 is 11.9 Å². The third kappa shape index (κ3) is 6.70. The molecule has 2 aromatic heterocycles. The first-order chi connectivity index (χ1) is 11.9. The number of aryl methyl sites for hydroxylation is 1. The fraction of sp³-hybridized carbons (Fsp3) is 0.571. The van der Waals surface area contributed by atoms with Crippen molar-refractivity contribution in [3.8, 4) is 0 Å². The second kappa shape index (κ2) is 10.6. The Morgan fingerprint density at radius 2 is 2.08 bits per heavy atom. The third-order valence-corrected chi connectivity index (χ3v) is 4.05. The van der Waals surface area contributed by atoms with Crippen LogP contribution >= 0.6 is 35.3 Å². The predicted octanol–water partition coefficient (Wildman–Crippen LogP) is 2.69. The number of hydrogen-bond acceptors (Lipinski definition) is 5. The summed E-state index contributed by atoms with van der Waals surface area (Å²) in [5.41, 5.74) is -0.875. The fourth-order valence-electron chi connectivity index (χ4n) is 2.04. The zero-order valence-electron chi connectivity index (χ0n) is 14.4. The molecule has 2 N–H and O–H groups in total. The van der Waals surface area contributed by atoms with E-state index >= 15 is 0 Å². The summed E-state index contributed by atoms with van der Waals surface area (Å²) >= 11 is 0.949. The molecule has 0 aromatic carbocycles. The number of rotatable bonds is 7. The zero-order valence-corrected chi connectivity index (χ0v) is 17.5. The Hall–Kier alpha value is -1.44. The summed E-state index contributed by atoms with van der Waals surface area (Å²) in [5, 5.41) is 15.4. The van der Waals surface area contributed by atoms with E-state index in [2.05, 4.69) is 30.8 Å². The minimum Gasteiger partial charge on any atom is -0.357 e. The number of aromatic nitrogens is 4. The molecule has 0 saturated carbocycles. The quantitative estimate of drug-likeness (QED) is 0.345. The van der Waals surface area contributed by atoms with Gasteiger partial charge in [-0.05, 0) is 6.92 Å². The molecule has 0 fully saturated rings. The second-order valence-corrected chi connectivity index (χ2v) is 5.98. The summed E-state index contributed by atoms with van der Waals surface area (Å²) in [6, 6.07) is 0. The van der Waals surface area contributed by atoms with Gasteiger partial charge in [0, 0.05) is 31.4 Å². The summed E-state index contributed by atoms with van der Waals surface area (Å²) < 4.78 is 39.6. The molecule has 0 atom stereocenters. The molecule has 0 unspecified atom stereocenters. The fourth-order valence-corrected chi connectivity index (χ4v) is 2.76. The molecule has 0 aliphatic rings. The number of hydrogen-bond donors (Lipinski definition) is 2. The van der Waals surface area contributed by atoms with Gasteiger partial charge in [-0.1, -0.05) is 6.92 Å². The van der Waals surface area contributed by atoms with Crippen molar-refractivity contribution in [2.45, 2.75) is 39.5 Å². The van der Waals surface area contributed by atoms with Gasteiger partial charge in [-0.15, -0.1) is 45.5 Å². The van der Waals surface area contributed by atoms with Gasteiger partial charge < -0.3 is 15.2 Å². The van der Waals surface area contributed by atoms with E-state index in [4.69, 9.17) is 0 Å². The molecule has 0 aliphatic carbocycles. The van der Waals surface area contributed by atoms with Crippen LogP contribution in [-0.2, 0) is 25.7 Å². The first-order valence-electron chi connectivity index (χ1n) is 7.84. The molecule has 0 spiro atoms. The van der Waals surface area contributed by atoms with Crippen LogP contribution < -0.4 is 10.6 Å². The van der Waals surface area contributed by atoms with Crippen molar-refractivity contribution in [3.05, 3.63) is 28.2 Å². The van der Waals surface area contributed by atoms with Gasteiger partial charge in [0.2, 0.25) is 0 Å². The van der Waals surface area contributed by atoms with Crippen molar-refractivity contribution in [1.82, 2.24) is 30.4 Å². The predicted molar refractivity (Wildman–Crippen MR) is 105 cm³/mol. The Bertz CT molecular complexity index is 699. The van der Waals surface area contributed by atoms with Crippen molar-refractivity contribution >= 4 is 41.3 Å². The molecule has 0 aliphatic heterocycles. The topological polar surface area (TPSA) is 80.0 Å². The van der Waals surface area contributed by atoms with Crippen LogP contribution in [0.15, 0.2) is 16.7 Å². The largest absolute Gasteiger partial charge is 0.434 e. The van der Waals surface area contributed by atoms with E-state index in [0.29, 0.717) is 30.6 Å². The smallest absolute Gasteiger partial charge is 0.357 e. The molecule has 0 saturated heterocycles. The Balaban J connectivity index is 0.00000338. The minimum atomic E-state index is -4.42. The first-order valence-corrected chi connectivity index (χ1v) is 8.72. The maximum atomic E-state index is 12.6. The average molecular weight is 503 g/mol. The highest BCUT2D eigenvalue weighted by Gasteiger charge is 2.33. The average Bonchev–Trinajstić information content (AvgIpc) is 3.21. The summed E-state index contributed by atoms with van der Waals surface area (Å²) in [7, 11) is 0. The Kier molecular flexibility index (Phi) is 9.25. The number of alkyl halides is 3. The Morgan fingerprint density at radius 3 is 2.69 bits per heavy atom. The zero-order chi connectivity index (χ0) is 18.3. The van der Waals surface area contributed by atoms with Crippen LogP contribution in [0.1, 0.15) is 30.4 Å². The number of aliphatic imine (C=N–C) groups is 1. The molecule has 2 rings (SSSR count). The van der Waals surface area contributed by atoms with Crippen LogP contribution in [0, 0.1) is 0 Å². The van der Waals surface area contributed by atoms with Crippen LogP contribution in [0.5, 0.6) is 0 Å². The van der Waals surface area contributed by atoms with Crippen molar-refractivity contribution < 1.29 is 13.2 Å². The van der Waals surface area contributed by atoms with Crippen molar-refractivity contribution in [3.63, 3.8) is 0 Å². The van der Waals surface area contributed by atoms with E-state index in [1.54, 1.807) is 6.33 Å². The highest BCUT2D eigenvalue weighted by atomic mass is 127. The highest BCUT2D eigenvalue weighted by molar-refractivity contribution is 14.0. The van der Waals surface area contributed by atoms with Crippen molar-refractivity contribution in [2.75, 3.05) is 13.1 Å². The molecular weight excluding hydrogens is 482 g/mol. The van der Waals surface area contributed by atoms with Crippen LogP contribution in [-0.4, -0.2) is 38.8 Å². The molecule has 0 bridgehead atoms. The van der Waals surface area contributed by atoms with Crippen LogP contribution in [0.2, 0.25) is 0 Å². The van der Waals surface area contributed by atoms with Gasteiger partial charge >= 0.3 is 6.18 Å². The normalized spacial score (nSPS) is 12.0. The molecule has 2 aromatic rings. The number of thiazole rings is 1. The van der Waals surface area contributed by atoms with Gasteiger partial charge in [0.25, 0.3) is 0 Å². The lowest BCUT2D eigenvalue weighted by molar-refractivity contribution is -0.140. The van der Waals surface area contributed by atoms with Gasteiger partial charge in [-0.3, -0.25) is 0 Å². The maximum Gasteiger partial charge on any atom is 0.434 e. The monoisotopic (exact) mass is 503 g/mol. The lowest BCUT2D eigenvalue weighted by Gasteiger charge is -2.11. The summed E-state index contributed by atoms with van der Waals surface area (Å²) in [6.07, 6.45) is -1.96. The summed E-state index contributed by atoms with van der Waals surface area (Å²) in [4.78, 5) is 7.84. The van der Waals surface area contributed by atoms with Crippen LogP contribution in [0.4, 0.5) is 13.2 Å². The number of guanidine groups is 1. The molecule has 12 heteroatoms. The van der Waals surface area contributed by atoms with Gasteiger partial charge in [-0.25, -0.2) is 9.98 Å². The van der Waals surface area contributed by atoms with E-state index in [9.17, 15) is 13.2 Å². The maximum absolute atomic E-state index is 12.6. The van der Waals surface area contributed by atoms with Gasteiger partial charge in [0.05, 0.1) is 6.54 Å². The first kappa shape index (κ1) is 22.6. The van der Waals surface area contributed by atoms with Gasteiger partial charge in [-0.2, -0.15) is 13.2 Å². The number of halogens is 4. The Morgan fingerprint density at radius 1 is 1.31 bits per heavy atom. The van der Waals surface area contributed by atoms with E-state index in [-0.39, 0.29) is 30.5 Å². The highest BCUT2D eigenvalue weighted by Crippen LogP contribution is 2.30. The van der Waals surface area contributed by atoms with E-state index in [0.717, 1.165) is 29.0 Å². The van der Waals surface area contributed by atoms with Crippen LogP contribution in [0.25, 0.3) is 0 Å². The Labute approximate surface area is 170 Å².